The number of hydrogen-bond acceptors (Lipinski definition) is 6. The van der Waals surface area contributed by atoms with E-state index in [0.717, 1.165) is 31.1 Å². The Morgan fingerprint density at radius 2 is 2.07 bits per heavy atom. The molecule has 0 bridgehead atoms. The maximum atomic E-state index is 12.5. The number of ether oxygens (including phenoxy) is 3. The number of likely N-dealkylation sites (tertiary alicyclic amines) is 1. The lowest BCUT2D eigenvalue weighted by atomic mass is 9.98. The average molecular weight is 444 g/mol. The summed E-state index contributed by atoms with van der Waals surface area (Å²) in [5.41, 5.74) is 1.03. The summed E-state index contributed by atoms with van der Waals surface area (Å²) in [6.07, 6.45) is 10.1. The van der Waals surface area contributed by atoms with E-state index in [1.807, 2.05) is 13.0 Å². The highest BCUT2D eigenvalue weighted by Crippen LogP contribution is 2.23. The summed E-state index contributed by atoms with van der Waals surface area (Å²) < 4.78 is 44.0. The number of carbonyl (C=O) groups is 1. The van der Waals surface area contributed by atoms with Gasteiger partial charge in [0, 0.05) is 24.7 Å². The van der Waals surface area contributed by atoms with Gasteiger partial charge in [-0.1, -0.05) is 18.2 Å². The number of amides is 2. The molecule has 9 nitrogen and oxygen atoms in total. The van der Waals surface area contributed by atoms with Crippen molar-refractivity contribution in [1.82, 2.24) is 14.9 Å². The molecule has 0 spiro atoms. The fourth-order valence-corrected chi connectivity index (χ4v) is 4.82. The Morgan fingerprint density at radius 3 is 2.70 bits per heavy atom. The molecule has 2 N–H and O–H groups in total. The zero-order valence-corrected chi connectivity index (χ0v) is 18.5. The van der Waals surface area contributed by atoms with Crippen LogP contribution in [0.4, 0.5) is 4.79 Å². The molecule has 2 aliphatic heterocycles. The maximum absolute atomic E-state index is 12.5. The molecule has 30 heavy (non-hydrogen) atoms. The van der Waals surface area contributed by atoms with Crippen LogP contribution < -0.4 is 10.0 Å². The second-order valence-corrected chi connectivity index (χ2v) is 9.65. The van der Waals surface area contributed by atoms with Gasteiger partial charge in [-0.05, 0) is 32.6 Å². The fraction of sp³-hybridized carbons (Fsp3) is 0.750. The molecule has 2 heterocycles. The monoisotopic (exact) mass is 443 g/mol. The summed E-state index contributed by atoms with van der Waals surface area (Å²) >= 11 is 0. The second-order valence-electron chi connectivity index (χ2n) is 7.87. The normalized spacial score (nSPS) is 30.1. The van der Waals surface area contributed by atoms with Crippen LogP contribution in [0.1, 0.15) is 32.6 Å². The van der Waals surface area contributed by atoms with E-state index in [1.165, 1.54) is 0 Å². The van der Waals surface area contributed by atoms with Gasteiger partial charge in [0.05, 0.1) is 32.1 Å². The number of carbonyl (C=O) groups excluding carboxylic acids is 1. The minimum Gasteiger partial charge on any atom is -0.371 e. The Hall–Kier alpha value is -1.46. The molecule has 2 saturated heterocycles. The van der Waals surface area contributed by atoms with E-state index >= 15 is 0 Å². The molecule has 0 aromatic heterocycles. The fourth-order valence-electron chi connectivity index (χ4n) is 4.00. The van der Waals surface area contributed by atoms with E-state index < -0.39 is 22.1 Å². The average Bonchev–Trinajstić information content (AvgIpc) is 2.73. The number of rotatable bonds is 7. The lowest BCUT2D eigenvalue weighted by Gasteiger charge is -2.41. The predicted molar refractivity (Wildman–Crippen MR) is 112 cm³/mol. The summed E-state index contributed by atoms with van der Waals surface area (Å²) in [6, 6.07) is -1.01. The van der Waals surface area contributed by atoms with Crippen molar-refractivity contribution in [2.75, 3.05) is 39.2 Å². The van der Waals surface area contributed by atoms with E-state index in [-0.39, 0.29) is 25.0 Å². The van der Waals surface area contributed by atoms with E-state index in [4.69, 9.17) is 14.2 Å². The second kappa shape index (κ2) is 10.7. The van der Waals surface area contributed by atoms with Crippen molar-refractivity contribution in [3.05, 3.63) is 23.8 Å². The SMILES string of the molecule is CCNC(=O)N1CCC[C@H](NS(C)(=O)=O)[C@@H]1COC1COC(C2=CCCC=C2)OC1. The van der Waals surface area contributed by atoms with Crippen LogP contribution in [0.25, 0.3) is 0 Å². The van der Waals surface area contributed by atoms with E-state index in [0.29, 0.717) is 32.7 Å². The van der Waals surface area contributed by atoms with Crippen LogP contribution in [0.3, 0.4) is 0 Å². The quantitative estimate of drug-likeness (QED) is 0.611. The predicted octanol–water partition coefficient (Wildman–Crippen LogP) is 1.13. The number of sulfonamides is 1. The summed E-state index contributed by atoms with van der Waals surface area (Å²) in [7, 11) is -3.41. The molecule has 170 valence electrons. The van der Waals surface area contributed by atoms with Crippen LogP contribution in [-0.4, -0.2) is 83.0 Å². The largest absolute Gasteiger partial charge is 0.371 e. The molecule has 0 aromatic carbocycles. The summed E-state index contributed by atoms with van der Waals surface area (Å²) in [4.78, 5) is 14.2. The van der Waals surface area contributed by atoms with Crippen molar-refractivity contribution >= 4 is 16.1 Å². The van der Waals surface area contributed by atoms with Gasteiger partial charge in [-0.2, -0.15) is 0 Å². The Labute approximate surface area is 178 Å². The molecule has 0 unspecified atom stereocenters. The number of piperidine rings is 1. The molecule has 2 amide bonds. The maximum Gasteiger partial charge on any atom is 0.317 e. The standard InChI is InChI=1S/C20H33N3O6S/c1-3-21-20(24)23-11-7-10-17(22-30(2,25)26)18(23)14-27-16-12-28-19(29-13-16)15-8-5-4-6-9-15/h5,8-9,16-19,22H,3-4,6-7,10-14H2,1-2H3,(H,21,24)/t16?,17-,18-,19?/m0/s1. The topological polar surface area (TPSA) is 106 Å². The Balaban J connectivity index is 1.58. The van der Waals surface area contributed by atoms with Crippen LogP contribution in [-0.2, 0) is 24.2 Å². The zero-order chi connectivity index (χ0) is 21.6. The van der Waals surface area contributed by atoms with Crippen LogP contribution in [0.15, 0.2) is 23.8 Å². The summed E-state index contributed by atoms with van der Waals surface area (Å²) in [5, 5.41) is 2.80. The van der Waals surface area contributed by atoms with Crippen molar-refractivity contribution < 1.29 is 27.4 Å². The van der Waals surface area contributed by atoms with Gasteiger partial charge in [-0.25, -0.2) is 17.9 Å². The van der Waals surface area contributed by atoms with E-state index in [9.17, 15) is 13.2 Å². The first kappa shape index (κ1) is 23.2. The van der Waals surface area contributed by atoms with Crippen molar-refractivity contribution in [3.8, 4) is 0 Å². The van der Waals surface area contributed by atoms with Gasteiger partial charge < -0.3 is 24.4 Å². The number of nitrogens with zero attached hydrogens (tertiary/aromatic N) is 1. The highest BCUT2D eigenvalue weighted by molar-refractivity contribution is 7.88. The highest BCUT2D eigenvalue weighted by Gasteiger charge is 2.37. The Morgan fingerprint density at radius 1 is 1.30 bits per heavy atom. The third kappa shape index (κ3) is 6.52. The van der Waals surface area contributed by atoms with Gasteiger partial charge >= 0.3 is 6.03 Å². The molecule has 1 aliphatic carbocycles. The summed E-state index contributed by atoms with van der Waals surface area (Å²) in [6.45, 7) is 3.88. The van der Waals surface area contributed by atoms with Gasteiger partial charge in [0.15, 0.2) is 6.29 Å². The molecule has 0 aromatic rings. The zero-order valence-electron chi connectivity index (χ0n) is 17.7. The van der Waals surface area contributed by atoms with Crippen LogP contribution >= 0.6 is 0 Å². The van der Waals surface area contributed by atoms with Gasteiger partial charge in [0.2, 0.25) is 10.0 Å². The highest BCUT2D eigenvalue weighted by atomic mass is 32.2. The van der Waals surface area contributed by atoms with Crippen LogP contribution in [0.5, 0.6) is 0 Å². The van der Waals surface area contributed by atoms with Gasteiger partial charge in [-0.3, -0.25) is 0 Å². The molecule has 3 aliphatic rings. The smallest absolute Gasteiger partial charge is 0.317 e. The number of nitrogens with one attached hydrogen (secondary N) is 2. The number of allylic oxidation sites excluding steroid dienone is 2. The molecular formula is C20H33N3O6S. The lowest BCUT2D eigenvalue weighted by Crippen LogP contribution is -2.61. The first-order chi connectivity index (χ1) is 14.4. The van der Waals surface area contributed by atoms with Crippen molar-refractivity contribution in [2.24, 2.45) is 0 Å². The lowest BCUT2D eigenvalue weighted by molar-refractivity contribution is -0.211. The van der Waals surface area contributed by atoms with Crippen molar-refractivity contribution in [3.63, 3.8) is 0 Å². The van der Waals surface area contributed by atoms with Crippen LogP contribution in [0, 0.1) is 0 Å². The van der Waals surface area contributed by atoms with Gasteiger partial charge in [-0.15, -0.1) is 0 Å². The minimum absolute atomic E-state index is 0.203. The minimum atomic E-state index is -3.41. The molecule has 0 radical (unpaired) electrons. The Bertz CT molecular complexity index is 746. The molecule has 2 fully saturated rings. The third-order valence-electron chi connectivity index (χ3n) is 5.40. The van der Waals surface area contributed by atoms with Gasteiger partial charge in [0.25, 0.3) is 0 Å². The molecule has 10 heteroatoms. The summed E-state index contributed by atoms with van der Waals surface area (Å²) in [5.74, 6) is 0. The first-order valence-corrected chi connectivity index (χ1v) is 12.5. The van der Waals surface area contributed by atoms with Gasteiger partial charge in [0.1, 0.15) is 6.10 Å². The molecule has 3 rings (SSSR count). The van der Waals surface area contributed by atoms with Crippen LogP contribution in [0.2, 0.25) is 0 Å². The van der Waals surface area contributed by atoms with Crippen molar-refractivity contribution in [1.29, 1.82) is 0 Å². The molecule has 2 atom stereocenters. The third-order valence-corrected chi connectivity index (χ3v) is 6.13. The number of urea groups is 1. The Kier molecular flexibility index (Phi) is 8.29. The van der Waals surface area contributed by atoms with Crippen molar-refractivity contribution in [2.45, 2.75) is 57.1 Å². The first-order valence-electron chi connectivity index (χ1n) is 10.6. The number of hydrogen-bond donors (Lipinski definition) is 2. The molecule has 0 saturated carbocycles. The molecular weight excluding hydrogens is 410 g/mol. The van der Waals surface area contributed by atoms with E-state index in [2.05, 4.69) is 22.2 Å². The van der Waals surface area contributed by atoms with E-state index in [1.54, 1.807) is 4.90 Å².